The van der Waals surface area contributed by atoms with Gasteiger partial charge in [-0.3, -0.25) is 0 Å². The Labute approximate surface area is 220 Å². The van der Waals surface area contributed by atoms with Crippen LogP contribution < -0.4 is 16.0 Å². The maximum absolute atomic E-state index is 5.03. The van der Waals surface area contributed by atoms with E-state index in [2.05, 4.69) is 82.7 Å². The van der Waals surface area contributed by atoms with Gasteiger partial charge in [0.25, 0.3) is 0 Å². The van der Waals surface area contributed by atoms with Crippen LogP contribution in [0.4, 0.5) is 5.69 Å². The van der Waals surface area contributed by atoms with E-state index in [1.54, 1.807) is 0 Å². The smallest absolute Gasteiger partial charge is 0.159 e. The molecule has 7 rings (SSSR count). The minimum Gasteiger partial charge on any atom is -0.382 e. The van der Waals surface area contributed by atoms with Crippen molar-refractivity contribution in [2.45, 2.75) is 22.5 Å². The fourth-order valence-corrected chi connectivity index (χ4v) is 6.14. The molecule has 3 aliphatic heterocycles. The highest BCUT2D eigenvalue weighted by atomic mass is 32.2. The van der Waals surface area contributed by atoms with Gasteiger partial charge in [-0.15, -0.1) is 0 Å². The summed E-state index contributed by atoms with van der Waals surface area (Å²) in [6, 6.07) is 31.8. The first-order chi connectivity index (χ1) is 18.3. The van der Waals surface area contributed by atoms with Gasteiger partial charge in [-0.25, -0.2) is 9.98 Å². The van der Waals surface area contributed by atoms with Crippen molar-refractivity contribution in [1.82, 2.24) is 10.6 Å². The minimum absolute atomic E-state index is 0.205. The molecule has 0 aliphatic carbocycles. The van der Waals surface area contributed by atoms with Crippen molar-refractivity contribution in [1.29, 1.82) is 0 Å². The van der Waals surface area contributed by atoms with Gasteiger partial charge in [0, 0.05) is 21.4 Å². The van der Waals surface area contributed by atoms with E-state index >= 15 is 0 Å². The number of fused-ring (bicyclic) bond motifs is 3. The van der Waals surface area contributed by atoms with E-state index in [9.17, 15) is 0 Å². The number of aliphatic imine (C=N–C) groups is 2. The Bertz CT molecular complexity index is 1590. The zero-order valence-electron chi connectivity index (χ0n) is 20.0. The summed E-state index contributed by atoms with van der Waals surface area (Å²) in [7, 11) is 0. The zero-order valence-corrected chi connectivity index (χ0v) is 20.8. The van der Waals surface area contributed by atoms with Crippen molar-refractivity contribution in [3.8, 4) is 0 Å². The standard InChI is InChI=1S/C31H25N5S/c1-3-9-20(10-4-1)28-34-29(21-11-5-2-6-12-21)36-30(35-28)23-14-16-24-22(19-23)15-17-26-27(24)33-31(37-26)25-13-7-8-18-32-25/h1-19,25,28,31-33H,(H,34,35,36). The quantitative estimate of drug-likeness (QED) is 0.312. The van der Waals surface area contributed by atoms with Crippen molar-refractivity contribution in [2.75, 3.05) is 5.32 Å². The van der Waals surface area contributed by atoms with Crippen LogP contribution in [0.25, 0.3) is 10.8 Å². The molecule has 3 aliphatic rings. The molecule has 6 heteroatoms. The van der Waals surface area contributed by atoms with Crippen LogP contribution in [0, 0.1) is 0 Å². The lowest BCUT2D eigenvalue weighted by atomic mass is 10.0. The van der Waals surface area contributed by atoms with Gasteiger partial charge in [0.2, 0.25) is 0 Å². The minimum atomic E-state index is -0.205. The molecule has 0 bridgehead atoms. The molecule has 3 heterocycles. The first-order valence-electron chi connectivity index (χ1n) is 12.4. The average Bonchev–Trinajstić information content (AvgIpc) is 3.43. The first kappa shape index (κ1) is 21.9. The molecule has 5 nitrogen and oxygen atoms in total. The van der Waals surface area contributed by atoms with Crippen LogP contribution in [0.3, 0.4) is 0 Å². The van der Waals surface area contributed by atoms with E-state index in [-0.39, 0.29) is 17.6 Å². The van der Waals surface area contributed by atoms with Crippen LogP contribution in [-0.4, -0.2) is 23.1 Å². The van der Waals surface area contributed by atoms with Crippen molar-refractivity contribution in [3.05, 3.63) is 132 Å². The van der Waals surface area contributed by atoms with E-state index < -0.39 is 0 Å². The highest BCUT2D eigenvalue weighted by Crippen LogP contribution is 2.44. The Morgan fingerprint density at radius 3 is 2.41 bits per heavy atom. The van der Waals surface area contributed by atoms with Gasteiger partial charge in [0.15, 0.2) is 5.84 Å². The van der Waals surface area contributed by atoms with E-state index in [4.69, 9.17) is 9.98 Å². The molecule has 180 valence electrons. The van der Waals surface area contributed by atoms with Gasteiger partial charge in [-0.2, -0.15) is 0 Å². The Kier molecular flexibility index (Phi) is 5.52. The number of rotatable bonds is 4. The fourth-order valence-electron chi connectivity index (χ4n) is 4.94. The molecule has 0 aromatic heterocycles. The van der Waals surface area contributed by atoms with Gasteiger partial charge in [-0.05, 0) is 35.4 Å². The summed E-state index contributed by atoms with van der Waals surface area (Å²) >= 11 is 1.87. The zero-order chi connectivity index (χ0) is 24.6. The van der Waals surface area contributed by atoms with Crippen LogP contribution in [0.1, 0.15) is 22.9 Å². The van der Waals surface area contributed by atoms with Crippen LogP contribution in [-0.2, 0) is 0 Å². The van der Waals surface area contributed by atoms with Crippen molar-refractivity contribution >= 4 is 39.9 Å². The molecule has 0 amide bonds. The molecular formula is C31H25N5S. The number of allylic oxidation sites excluding steroid dienone is 2. The van der Waals surface area contributed by atoms with Crippen LogP contribution in [0.5, 0.6) is 0 Å². The molecule has 3 atom stereocenters. The Hall–Kier alpha value is -4.29. The number of dihydropyridines is 1. The average molecular weight is 500 g/mol. The normalized spacial score (nSPS) is 21.9. The third-order valence-electron chi connectivity index (χ3n) is 6.83. The molecule has 4 aromatic carbocycles. The van der Waals surface area contributed by atoms with Gasteiger partial charge in [-0.1, -0.05) is 103 Å². The molecule has 0 saturated heterocycles. The summed E-state index contributed by atoms with van der Waals surface area (Å²) in [5.41, 5.74) is 4.36. The summed E-state index contributed by atoms with van der Waals surface area (Å²) in [6.45, 7) is 0. The van der Waals surface area contributed by atoms with Crippen LogP contribution in [0.2, 0.25) is 0 Å². The molecule has 0 fully saturated rings. The lowest BCUT2D eigenvalue weighted by molar-refractivity contribution is 0.674. The predicted octanol–water partition coefficient (Wildman–Crippen LogP) is 6.22. The summed E-state index contributed by atoms with van der Waals surface area (Å²) in [5.74, 6) is 1.56. The number of amidine groups is 2. The number of nitrogens with zero attached hydrogens (tertiary/aromatic N) is 2. The lowest BCUT2D eigenvalue weighted by Gasteiger charge is -2.24. The molecule has 37 heavy (non-hydrogen) atoms. The van der Waals surface area contributed by atoms with Crippen molar-refractivity contribution in [2.24, 2.45) is 9.98 Å². The van der Waals surface area contributed by atoms with E-state index in [0.29, 0.717) is 0 Å². The van der Waals surface area contributed by atoms with Gasteiger partial charge in [0.1, 0.15) is 17.4 Å². The number of hydrogen-bond acceptors (Lipinski definition) is 6. The topological polar surface area (TPSA) is 60.8 Å². The second-order valence-corrected chi connectivity index (χ2v) is 10.4. The van der Waals surface area contributed by atoms with Gasteiger partial charge < -0.3 is 16.0 Å². The molecule has 3 N–H and O–H groups in total. The summed E-state index contributed by atoms with van der Waals surface area (Å²) in [6.07, 6.45) is 8.13. The van der Waals surface area contributed by atoms with E-state index in [1.165, 1.54) is 21.4 Å². The second kappa shape index (κ2) is 9.30. The Balaban J connectivity index is 1.26. The van der Waals surface area contributed by atoms with Crippen molar-refractivity contribution in [3.63, 3.8) is 0 Å². The largest absolute Gasteiger partial charge is 0.382 e. The van der Waals surface area contributed by atoms with Crippen LogP contribution >= 0.6 is 11.8 Å². The third kappa shape index (κ3) is 4.19. The maximum atomic E-state index is 5.03. The molecular weight excluding hydrogens is 474 g/mol. The predicted molar refractivity (Wildman–Crippen MR) is 154 cm³/mol. The first-order valence-corrected chi connectivity index (χ1v) is 13.3. The van der Waals surface area contributed by atoms with Gasteiger partial charge in [0.05, 0.1) is 11.7 Å². The number of benzene rings is 4. The van der Waals surface area contributed by atoms with E-state index in [1.807, 2.05) is 60.4 Å². The highest BCUT2D eigenvalue weighted by molar-refractivity contribution is 8.00. The third-order valence-corrected chi connectivity index (χ3v) is 8.09. The maximum Gasteiger partial charge on any atom is 0.159 e. The molecule has 0 saturated carbocycles. The molecule has 4 aromatic rings. The number of nitrogens with one attached hydrogen (secondary N) is 3. The fraction of sp³-hybridized carbons (Fsp3) is 0.0968. The monoisotopic (exact) mass is 499 g/mol. The molecule has 0 spiro atoms. The SMILES string of the molecule is C1=CNC(C2Nc3c(ccc4cc(C5=NC(c6ccccc6)NC(c6ccccc6)=N5)ccc34)S2)C=C1. The molecule has 3 unspecified atom stereocenters. The second-order valence-electron chi connectivity index (χ2n) is 9.23. The highest BCUT2D eigenvalue weighted by Gasteiger charge is 2.29. The Morgan fingerprint density at radius 2 is 1.59 bits per heavy atom. The number of thioether (sulfide) groups is 1. The lowest BCUT2D eigenvalue weighted by Crippen LogP contribution is -2.37. The van der Waals surface area contributed by atoms with Crippen LogP contribution in [0.15, 0.2) is 130 Å². The summed E-state index contributed by atoms with van der Waals surface area (Å²) in [5, 5.41) is 13.4. The number of hydrogen-bond donors (Lipinski definition) is 3. The number of anilines is 1. The van der Waals surface area contributed by atoms with Gasteiger partial charge >= 0.3 is 0 Å². The summed E-state index contributed by atoms with van der Waals surface area (Å²) in [4.78, 5) is 11.3. The summed E-state index contributed by atoms with van der Waals surface area (Å²) < 4.78 is 0. The van der Waals surface area contributed by atoms with Crippen molar-refractivity contribution < 1.29 is 0 Å². The molecule has 0 radical (unpaired) electrons. The Morgan fingerprint density at radius 1 is 0.757 bits per heavy atom. The van der Waals surface area contributed by atoms with E-state index in [0.717, 1.165) is 28.4 Å².